The molecule has 0 amide bonds. The highest BCUT2D eigenvalue weighted by atomic mass is 35.5. The van der Waals surface area contributed by atoms with Crippen LogP contribution in [-0.2, 0) is 21.2 Å². The summed E-state index contributed by atoms with van der Waals surface area (Å²) >= 11 is 0. The van der Waals surface area contributed by atoms with Gasteiger partial charge in [-0.2, -0.15) is 0 Å². The first kappa shape index (κ1) is 18.9. The minimum Gasteiger partial charge on any atom is -0.480 e. The normalized spacial score (nSPS) is 12.8. The van der Waals surface area contributed by atoms with Gasteiger partial charge in [0.15, 0.2) is 9.84 Å². The lowest BCUT2D eigenvalue weighted by molar-refractivity contribution is -0.143. The Balaban J connectivity index is 0.00000361. The number of sulfone groups is 1. The number of halogens is 1. The van der Waals surface area contributed by atoms with Crippen molar-refractivity contribution in [3.63, 3.8) is 0 Å². The molecule has 1 atom stereocenters. The maximum absolute atomic E-state index is 11.3. The molecule has 1 aromatic rings. The highest BCUT2D eigenvalue weighted by Crippen LogP contribution is 2.13. The molecular weight excluding hydrogens is 302 g/mol. The van der Waals surface area contributed by atoms with Crippen LogP contribution in [0.4, 0.5) is 0 Å². The number of nitrogens with zero attached hydrogens (tertiary/aromatic N) is 1. The third kappa shape index (κ3) is 5.11. The number of carboxylic acids is 1. The fourth-order valence-corrected chi connectivity index (χ4v) is 2.55. The van der Waals surface area contributed by atoms with Gasteiger partial charge in [0.2, 0.25) is 0 Å². The lowest BCUT2D eigenvalue weighted by atomic mass is 10.1. The zero-order valence-electron chi connectivity index (χ0n) is 11.7. The second-order valence-electron chi connectivity index (χ2n) is 4.59. The largest absolute Gasteiger partial charge is 0.480 e. The van der Waals surface area contributed by atoms with Crippen LogP contribution in [0.25, 0.3) is 0 Å². The summed E-state index contributed by atoms with van der Waals surface area (Å²) in [5.41, 5.74) is 0.884. The van der Waals surface area contributed by atoms with Crippen molar-refractivity contribution < 1.29 is 18.3 Å². The van der Waals surface area contributed by atoms with E-state index in [0.29, 0.717) is 13.0 Å². The van der Waals surface area contributed by atoms with Crippen LogP contribution in [0.15, 0.2) is 29.2 Å². The van der Waals surface area contributed by atoms with Crippen LogP contribution in [-0.4, -0.2) is 43.7 Å². The summed E-state index contributed by atoms with van der Waals surface area (Å²) in [6, 6.07) is 5.97. The molecule has 0 spiro atoms. The van der Waals surface area contributed by atoms with E-state index < -0.39 is 21.8 Å². The van der Waals surface area contributed by atoms with Crippen molar-refractivity contribution in [1.29, 1.82) is 0 Å². The number of carbonyl (C=O) groups is 1. The van der Waals surface area contributed by atoms with Gasteiger partial charge in [-0.1, -0.05) is 19.1 Å². The fourth-order valence-electron chi connectivity index (χ4n) is 1.92. The topological polar surface area (TPSA) is 74.7 Å². The Morgan fingerprint density at radius 2 is 1.80 bits per heavy atom. The molecule has 0 bridgehead atoms. The molecule has 1 rings (SSSR count). The highest BCUT2D eigenvalue weighted by Gasteiger charge is 2.20. The predicted octanol–water partition coefficient (Wildman–Crippen LogP) is 1.81. The molecular formula is C13H20ClNO4S. The van der Waals surface area contributed by atoms with Gasteiger partial charge in [-0.15, -0.1) is 12.4 Å². The number of carboxylic acid groups (broad SMARTS) is 1. The van der Waals surface area contributed by atoms with E-state index in [1.165, 1.54) is 0 Å². The van der Waals surface area contributed by atoms with E-state index in [2.05, 4.69) is 0 Å². The van der Waals surface area contributed by atoms with Crippen molar-refractivity contribution in [2.75, 3.05) is 13.3 Å². The molecule has 1 N–H and O–H groups in total. The van der Waals surface area contributed by atoms with Crippen molar-refractivity contribution in [2.24, 2.45) is 0 Å². The van der Waals surface area contributed by atoms with Gasteiger partial charge in [0, 0.05) is 12.8 Å². The predicted molar refractivity (Wildman–Crippen MR) is 80.0 cm³/mol. The Morgan fingerprint density at radius 1 is 1.30 bits per heavy atom. The summed E-state index contributed by atoms with van der Waals surface area (Å²) in [4.78, 5) is 13.0. The lowest BCUT2D eigenvalue weighted by Gasteiger charge is -2.23. The summed E-state index contributed by atoms with van der Waals surface area (Å²) in [6.45, 7) is 2.29. The number of benzene rings is 1. The number of likely N-dealkylation sites (N-methyl/N-ethyl adjacent to an activating group) is 1. The third-order valence-corrected chi connectivity index (χ3v) is 4.12. The van der Waals surface area contributed by atoms with Crippen molar-refractivity contribution in [1.82, 2.24) is 4.90 Å². The van der Waals surface area contributed by atoms with Crippen LogP contribution in [0.2, 0.25) is 0 Å². The molecule has 20 heavy (non-hydrogen) atoms. The van der Waals surface area contributed by atoms with Crippen molar-refractivity contribution in [3.8, 4) is 0 Å². The maximum atomic E-state index is 11.3. The first-order valence-corrected chi connectivity index (χ1v) is 7.87. The van der Waals surface area contributed by atoms with Gasteiger partial charge in [-0.05, 0) is 31.2 Å². The zero-order chi connectivity index (χ0) is 14.6. The molecule has 5 nitrogen and oxygen atoms in total. The minimum atomic E-state index is -3.19. The van der Waals surface area contributed by atoms with E-state index in [0.717, 1.165) is 11.8 Å². The maximum Gasteiger partial charge on any atom is 0.320 e. The molecule has 0 aromatic heterocycles. The monoisotopic (exact) mass is 321 g/mol. The van der Waals surface area contributed by atoms with Crippen LogP contribution in [0.1, 0.15) is 18.9 Å². The van der Waals surface area contributed by atoms with Crippen LogP contribution in [0.5, 0.6) is 0 Å². The van der Waals surface area contributed by atoms with Crippen LogP contribution in [0.3, 0.4) is 0 Å². The Hall–Kier alpha value is -1.11. The highest BCUT2D eigenvalue weighted by molar-refractivity contribution is 7.90. The van der Waals surface area contributed by atoms with Gasteiger partial charge in [0.1, 0.15) is 6.04 Å². The second kappa shape index (κ2) is 7.61. The molecule has 0 aliphatic carbocycles. The summed E-state index contributed by atoms with van der Waals surface area (Å²) < 4.78 is 22.6. The van der Waals surface area contributed by atoms with Crippen molar-refractivity contribution >= 4 is 28.2 Å². The molecule has 0 saturated carbocycles. The summed E-state index contributed by atoms with van der Waals surface area (Å²) in [7, 11) is -1.45. The van der Waals surface area contributed by atoms with Crippen molar-refractivity contribution in [2.45, 2.75) is 30.8 Å². The quantitative estimate of drug-likeness (QED) is 0.865. The molecule has 0 radical (unpaired) electrons. The molecule has 1 aromatic carbocycles. The Labute approximate surface area is 125 Å². The van der Waals surface area contributed by atoms with E-state index in [4.69, 9.17) is 5.11 Å². The van der Waals surface area contributed by atoms with Gasteiger partial charge in [-0.3, -0.25) is 9.69 Å². The van der Waals surface area contributed by atoms with E-state index >= 15 is 0 Å². The summed E-state index contributed by atoms with van der Waals surface area (Å²) in [5, 5.41) is 9.05. The number of aliphatic carboxylic acids is 1. The SMILES string of the molecule is CCC(C(=O)O)N(C)Cc1ccc(S(C)(=O)=O)cc1.Cl. The Kier molecular flexibility index (Phi) is 7.19. The third-order valence-electron chi connectivity index (χ3n) is 2.99. The van der Waals surface area contributed by atoms with Crippen molar-refractivity contribution in [3.05, 3.63) is 29.8 Å². The zero-order valence-corrected chi connectivity index (χ0v) is 13.4. The van der Waals surface area contributed by atoms with Crippen LogP contribution >= 0.6 is 12.4 Å². The summed E-state index contributed by atoms with van der Waals surface area (Å²) in [5.74, 6) is -0.849. The van der Waals surface area contributed by atoms with E-state index in [-0.39, 0.29) is 17.3 Å². The van der Waals surface area contributed by atoms with Gasteiger partial charge < -0.3 is 5.11 Å². The molecule has 0 saturated heterocycles. The molecule has 114 valence electrons. The average Bonchev–Trinajstić information content (AvgIpc) is 2.28. The van der Waals surface area contributed by atoms with Crippen LogP contribution in [0, 0.1) is 0 Å². The van der Waals surface area contributed by atoms with Gasteiger partial charge >= 0.3 is 5.97 Å². The van der Waals surface area contributed by atoms with E-state index in [9.17, 15) is 13.2 Å². The molecule has 1 unspecified atom stereocenters. The van der Waals surface area contributed by atoms with E-state index in [1.54, 1.807) is 36.2 Å². The smallest absolute Gasteiger partial charge is 0.320 e. The second-order valence-corrected chi connectivity index (χ2v) is 6.61. The Morgan fingerprint density at radius 3 is 2.15 bits per heavy atom. The number of rotatable bonds is 6. The minimum absolute atomic E-state index is 0. The fraction of sp³-hybridized carbons (Fsp3) is 0.462. The van der Waals surface area contributed by atoms with Crippen LogP contribution < -0.4 is 0 Å². The van der Waals surface area contributed by atoms with Gasteiger partial charge in [0.05, 0.1) is 4.90 Å². The Bertz CT molecular complexity index is 542. The first-order chi connectivity index (χ1) is 8.75. The molecule has 0 heterocycles. The number of hydrogen-bond acceptors (Lipinski definition) is 4. The molecule has 0 fully saturated rings. The summed E-state index contributed by atoms with van der Waals surface area (Å²) in [6.07, 6.45) is 1.68. The molecule has 7 heteroatoms. The van der Waals surface area contributed by atoms with Gasteiger partial charge in [-0.25, -0.2) is 8.42 Å². The number of hydrogen-bond donors (Lipinski definition) is 1. The lowest BCUT2D eigenvalue weighted by Crippen LogP contribution is -2.37. The molecule has 0 aliphatic rings. The standard InChI is InChI=1S/C13H19NO4S.ClH/c1-4-12(13(15)16)14(2)9-10-5-7-11(8-6-10)19(3,17)18;/h5-8,12H,4,9H2,1-3H3,(H,15,16);1H. The van der Waals surface area contributed by atoms with E-state index in [1.807, 2.05) is 6.92 Å². The average molecular weight is 322 g/mol. The molecule has 0 aliphatic heterocycles. The first-order valence-electron chi connectivity index (χ1n) is 5.97. The van der Waals surface area contributed by atoms with Gasteiger partial charge in [0.25, 0.3) is 0 Å².